The zero-order valence-electron chi connectivity index (χ0n) is 14.6. The number of ether oxygens (including phenoxy) is 2. The molecule has 2 aliphatic rings. The Labute approximate surface area is 158 Å². The number of hydrazone groups is 1. The van der Waals surface area contributed by atoms with E-state index in [4.69, 9.17) is 9.47 Å². The molecule has 4 rings (SSSR count). The molecule has 9 heteroatoms. The van der Waals surface area contributed by atoms with E-state index in [1.807, 2.05) is 5.38 Å². The van der Waals surface area contributed by atoms with Gasteiger partial charge >= 0.3 is 0 Å². The van der Waals surface area contributed by atoms with Gasteiger partial charge in [-0.15, -0.1) is 11.3 Å². The van der Waals surface area contributed by atoms with Gasteiger partial charge in [-0.1, -0.05) is 6.92 Å². The molecule has 1 aromatic carbocycles. The quantitative estimate of drug-likeness (QED) is 0.493. The van der Waals surface area contributed by atoms with E-state index >= 15 is 0 Å². The first-order valence-corrected chi connectivity index (χ1v) is 9.41. The lowest BCUT2D eigenvalue weighted by molar-refractivity contribution is -0.385. The van der Waals surface area contributed by atoms with Crippen LogP contribution >= 0.6 is 11.3 Å². The van der Waals surface area contributed by atoms with Gasteiger partial charge in [-0.3, -0.25) is 14.9 Å². The molecule has 0 spiro atoms. The predicted molar refractivity (Wildman–Crippen MR) is 99.8 cm³/mol. The Kier molecular flexibility index (Phi) is 4.53. The summed E-state index contributed by atoms with van der Waals surface area (Å²) in [5.74, 6) is 1.06. The first kappa shape index (κ1) is 17.5. The van der Waals surface area contributed by atoms with Crippen LogP contribution in [-0.2, 0) is 12.8 Å². The fraction of sp³-hybridized carbons (Fsp3) is 0.333. The number of carbonyl (C=O) groups is 1. The van der Waals surface area contributed by atoms with Gasteiger partial charge < -0.3 is 9.47 Å². The Balaban J connectivity index is 1.52. The molecule has 1 aliphatic carbocycles. The fourth-order valence-corrected chi connectivity index (χ4v) is 4.54. The van der Waals surface area contributed by atoms with Crippen LogP contribution in [0.25, 0.3) is 0 Å². The van der Waals surface area contributed by atoms with Gasteiger partial charge in [0.15, 0.2) is 11.5 Å². The summed E-state index contributed by atoms with van der Waals surface area (Å²) >= 11 is 1.60. The number of rotatable bonds is 4. The molecule has 27 heavy (non-hydrogen) atoms. The highest BCUT2D eigenvalue weighted by molar-refractivity contribution is 7.10. The standard InChI is InChI=1S/C18H17N3O5S/c1-10-2-3-12-13(8-27-17(12)4-10)18(22)20-19-7-11-5-15-16(26-9-25-15)6-14(11)21(23)24/h5-8,10H,2-4,9H2,1H3,(H,20,22)/b19-7+. The van der Waals surface area contributed by atoms with Crippen molar-refractivity contribution in [1.29, 1.82) is 0 Å². The third-order valence-electron chi connectivity index (χ3n) is 4.73. The van der Waals surface area contributed by atoms with E-state index in [-0.39, 0.29) is 24.0 Å². The van der Waals surface area contributed by atoms with E-state index in [1.165, 1.54) is 23.2 Å². The Hall–Kier alpha value is -2.94. The number of fused-ring (bicyclic) bond motifs is 2. The molecule has 0 fully saturated rings. The number of thiophene rings is 1. The third-order valence-corrected chi connectivity index (χ3v) is 5.79. The van der Waals surface area contributed by atoms with E-state index in [1.54, 1.807) is 11.3 Å². The van der Waals surface area contributed by atoms with Crippen molar-refractivity contribution >= 4 is 29.1 Å². The second-order valence-electron chi connectivity index (χ2n) is 6.62. The van der Waals surface area contributed by atoms with Crippen LogP contribution in [0.3, 0.4) is 0 Å². The molecule has 0 radical (unpaired) electrons. The number of amides is 1. The average Bonchev–Trinajstić information content (AvgIpc) is 3.26. The van der Waals surface area contributed by atoms with Crippen molar-refractivity contribution in [1.82, 2.24) is 5.43 Å². The van der Waals surface area contributed by atoms with Crippen LogP contribution in [-0.4, -0.2) is 23.8 Å². The minimum absolute atomic E-state index is 0.0195. The van der Waals surface area contributed by atoms with Crippen LogP contribution in [0.2, 0.25) is 0 Å². The van der Waals surface area contributed by atoms with Crippen molar-refractivity contribution in [2.24, 2.45) is 11.0 Å². The Bertz CT molecular complexity index is 953. The first-order valence-electron chi connectivity index (χ1n) is 8.53. The van der Waals surface area contributed by atoms with E-state index in [9.17, 15) is 14.9 Å². The predicted octanol–water partition coefficient (Wildman–Crippen LogP) is 3.27. The smallest absolute Gasteiger partial charge is 0.282 e. The second-order valence-corrected chi connectivity index (χ2v) is 7.58. The van der Waals surface area contributed by atoms with Gasteiger partial charge in [0.1, 0.15) is 0 Å². The van der Waals surface area contributed by atoms with Crippen molar-refractivity contribution < 1.29 is 19.2 Å². The molecule has 1 aliphatic heterocycles. The third kappa shape index (κ3) is 3.37. The number of nitrogens with one attached hydrogen (secondary N) is 1. The molecule has 1 N–H and O–H groups in total. The SMILES string of the molecule is CC1CCc2c(C(=O)N/N=C/c3cc4c(cc3[N+](=O)[O-])OCO4)csc2C1. The molecule has 1 unspecified atom stereocenters. The van der Waals surface area contributed by atoms with E-state index in [0.29, 0.717) is 23.0 Å². The molecule has 1 aromatic heterocycles. The molecule has 2 aromatic rings. The highest BCUT2D eigenvalue weighted by atomic mass is 32.1. The van der Waals surface area contributed by atoms with Crippen LogP contribution in [0.1, 0.15) is 39.7 Å². The normalized spacial score (nSPS) is 17.7. The summed E-state index contributed by atoms with van der Waals surface area (Å²) in [5.41, 5.74) is 4.27. The van der Waals surface area contributed by atoms with E-state index in [2.05, 4.69) is 17.5 Å². The van der Waals surface area contributed by atoms with Crippen molar-refractivity contribution in [3.05, 3.63) is 49.2 Å². The van der Waals surface area contributed by atoms with Gasteiger partial charge in [-0.2, -0.15) is 5.10 Å². The van der Waals surface area contributed by atoms with Gasteiger partial charge in [-0.05, 0) is 36.8 Å². The van der Waals surface area contributed by atoms with Crippen LogP contribution in [0, 0.1) is 16.0 Å². The summed E-state index contributed by atoms with van der Waals surface area (Å²) in [7, 11) is 0. The number of hydrogen-bond acceptors (Lipinski definition) is 7. The number of nitro benzene ring substituents is 1. The topological polar surface area (TPSA) is 103 Å². The van der Waals surface area contributed by atoms with Gasteiger partial charge in [-0.25, -0.2) is 5.43 Å². The Morgan fingerprint density at radius 3 is 2.96 bits per heavy atom. The average molecular weight is 387 g/mol. The minimum Gasteiger partial charge on any atom is -0.454 e. The number of carbonyl (C=O) groups excluding carboxylic acids is 1. The number of hydrogen-bond donors (Lipinski definition) is 1. The minimum atomic E-state index is -0.526. The molecule has 0 bridgehead atoms. The lowest BCUT2D eigenvalue weighted by Crippen LogP contribution is -2.20. The molecule has 2 heterocycles. The maximum absolute atomic E-state index is 12.5. The lowest BCUT2D eigenvalue weighted by atomic mass is 9.88. The summed E-state index contributed by atoms with van der Waals surface area (Å²) in [6, 6.07) is 2.77. The highest BCUT2D eigenvalue weighted by Gasteiger charge is 2.24. The van der Waals surface area contributed by atoms with Crippen molar-refractivity contribution in [3.63, 3.8) is 0 Å². The summed E-state index contributed by atoms with van der Waals surface area (Å²) in [5, 5.41) is 17.0. The van der Waals surface area contributed by atoms with Gasteiger partial charge in [0.05, 0.1) is 28.3 Å². The lowest BCUT2D eigenvalue weighted by Gasteiger charge is -2.18. The van der Waals surface area contributed by atoms with Crippen molar-refractivity contribution in [2.45, 2.75) is 26.2 Å². The number of benzene rings is 1. The number of nitro groups is 1. The summed E-state index contributed by atoms with van der Waals surface area (Å²) < 4.78 is 10.4. The maximum atomic E-state index is 12.5. The molecule has 0 saturated carbocycles. The monoisotopic (exact) mass is 387 g/mol. The first-order chi connectivity index (χ1) is 13.0. The van der Waals surface area contributed by atoms with Crippen molar-refractivity contribution in [2.75, 3.05) is 6.79 Å². The zero-order chi connectivity index (χ0) is 19.0. The van der Waals surface area contributed by atoms with Gasteiger partial charge in [0, 0.05) is 10.3 Å². The van der Waals surface area contributed by atoms with Crippen molar-refractivity contribution in [3.8, 4) is 11.5 Å². The Morgan fingerprint density at radius 1 is 1.41 bits per heavy atom. The van der Waals surface area contributed by atoms with E-state index in [0.717, 1.165) is 24.8 Å². The second kappa shape index (κ2) is 6.99. The summed E-state index contributed by atoms with van der Waals surface area (Å²) in [6.45, 7) is 2.23. The number of nitrogens with zero attached hydrogens (tertiary/aromatic N) is 2. The van der Waals surface area contributed by atoms with Crippen LogP contribution < -0.4 is 14.9 Å². The summed E-state index contributed by atoms with van der Waals surface area (Å²) in [6.07, 6.45) is 4.20. The molecular weight excluding hydrogens is 370 g/mol. The van der Waals surface area contributed by atoms with Crippen LogP contribution in [0.15, 0.2) is 22.6 Å². The molecular formula is C18H17N3O5S. The molecule has 140 valence electrons. The van der Waals surface area contributed by atoms with Gasteiger partial charge in [0.2, 0.25) is 6.79 Å². The molecule has 1 amide bonds. The fourth-order valence-electron chi connectivity index (χ4n) is 3.30. The van der Waals surface area contributed by atoms with Gasteiger partial charge in [0.25, 0.3) is 11.6 Å². The van der Waals surface area contributed by atoms with E-state index < -0.39 is 4.92 Å². The zero-order valence-corrected chi connectivity index (χ0v) is 15.4. The van der Waals surface area contributed by atoms with Crippen LogP contribution in [0.5, 0.6) is 11.5 Å². The maximum Gasteiger partial charge on any atom is 0.282 e. The highest BCUT2D eigenvalue weighted by Crippen LogP contribution is 2.37. The molecule has 1 atom stereocenters. The summed E-state index contributed by atoms with van der Waals surface area (Å²) in [4.78, 5) is 24.4. The largest absolute Gasteiger partial charge is 0.454 e. The van der Waals surface area contributed by atoms with Crippen LogP contribution in [0.4, 0.5) is 5.69 Å². The molecule has 0 saturated heterocycles. The Morgan fingerprint density at radius 2 is 2.19 bits per heavy atom. The molecule has 8 nitrogen and oxygen atoms in total.